The highest BCUT2D eigenvalue weighted by Crippen LogP contribution is 2.27. The first-order valence-electron chi connectivity index (χ1n) is 5.46. The van der Waals surface area contributed by atoms with Crippen LogP contribution in [-0.4, -0.2) is 24.0 Å². The molecule has 1 aromatic carbocycles. The fraction of sp³-hybridized carbons (Fsp3) is 0.250. The molecular formula is C12H8F3N3O3. The number of rotatable bonds is 4. The van der Waals surface area contributed by atoms with Crippen LogP contribution in [-0.2, 0) is 0 Å². The van der Waals surface area contributed by atoms with Crippen LogP contribution in [0.15, 0.2) is 23.3 Å². The van der Waals surface area contributed by atoms with Crippen molar-refractivity contribution in [2.24, 2.45) is 5.11 Å². The molecule has 0 saturated heterocycles. The second-order valence-electron chi connectivity index (χ2n) is 3.57. The molecule has 0 unspecified atom stereocenters. The predicted octanol–water partition coefficient (Wildman–Crippen LogP) is 3.34. The number of carboxylic acids is 1. The molecule has 0 atom stereocenters. The third-order valence-corrected chi connectivity index (χ3v) is 2.07. The van der Waals surface area contributed by atoms with Crippen LogP contribution in [0.3, 0.4) is 0 Å². The molecule has 0 heterocycles. The Kier molecular flexibility index (Phi) is 5.46. The summed E-state index contributed by atoms with van der Waals surface area (Å²) in [6.07, 6.45) is -4.78. The average molecular weight is 299 g/mol. The van der Waals surface area contributed by atoms with E-state index in [-0.39, 0.29) is 18.5 Å². The van der Waals surface area contributed by atoms with E-state index in [1.165, 1.54) is 6.07 Å². The smallest absolute Gasteiger partial charge is 0.478 e. The van der Waals surface area contributed by atoms with Gasteiger partial charge in [-0.2, -0.15) is 0 Å². The van der Waals surface area contributed by atoms with Gasteiger partial charge in [-0.15, -0.1) is 13.2 Å². The van der Waals surface area contributed by atoms with Crippen molar-refractivity contribution in [2.45, 2.75) is 12.8 Å². The minimum atomic E-state index is -5.00. The number of alkyl halides is 3. The standard InChI is InChI=1S/C12H8F3N3O3/c13-12(14,15)21-10-7-8(3-1-2-6-17-18-16)4-5-9(10)11(19)20/h4-5,7H,2,6H2,(H,19,20). The topological polar surface area (TPSA) is 95.3 Å². The van der Waals surface area contributed by atoms with Crippen LogP contribution in [0.4, 0.5) is 13.2 Å². The fourth-order valence-corrected chi connectivity index (χ4v) is 1.30. The van der Waals surface area contributed by atoms with Crippen molar-refractivity contribution in [3.63, 3.8) is 0 Å². The molecule has 1 N–H and O–H groups in total. The van der Waals surface area contributed by atoms with Crippen LogP contribution in [0.1, 0.15) is 22.3 Å². The van der Waals surface area contributed by atoms with Crippen LogP contribution in [0.5, 0.6) is 5.75 Å². The van der Waals surface area contributed by atoms with E-state index < -0.39 is 23.6 Å². The van der Waals surface area contributed by atoms with Crippen molar-refractivity contribution in [3.8, 4) is 17.6 Å². The highest BCUT2D eigenvalue weighted by molar-refractivity contribution is 5.91. The van der Waals surface area contributed by atoms with Gasteiger partial charge in [0.2, 0.25) is 0 Å². The average Bonchev–Trinajstić information content (AvgIpc) is 2.36. The Balaban J connectivity index is 3.01. The minimum Gasteiger partial charge on any atom is -0.478 e. The van der Waals surface area contributed by atoms with Crippen molar-refractivity contribution in [3.05, 3.63) is 39.8 Å². The van der Waals surface area contributed by atoms with Crippen LogP contribution >= 0.6 is 0 Å². The summed E-state index contributed by atoms with van der Waals surface area (Å²) >= 11 is 0. The summed E-state index contributed by atoms with van der Waals surface area (Å²) < 4.78 is 40.3. The van der Waals surface area contributed by atoms with Gasteiger partial charge in [-0.1, -0.05) is 17.0 Å². The number of azide groups is 1. The molecule has 0 spiro atoms. The molecule has 0 amide bonds. The van der Waals surface area contributed by atoms with E-state index in [1.54, 1.807) is 0 Å². The van der Waals surface area contributed by atoms with E-state index in [2.05, 4.69) is 26.6 Å². The van der Waals surface area contributed by atoms with E-state index >= 15 is 0 Å². The molecule has 0 aliphatic rings. The van der Waals surface area contributed by atoms with Gasteiger partial charge < -0.3 is 9.84 Å². The van der Waals surface area contributed by atoms with Crippen molar-refractivity contribution < 1.29 is 27.8 Å². The van der Waals surface area contributed by atoms with Crippen LogP contribution in [0.2, 0.25) is 0 Å². The maximum atomic E-state index is 12.2. The Morgan fingerprint density at radius 3 is 2.76 bits per heavy atom. The lowest BCUT2D eigenvalue weighted by molar-refractivity contribution is -0.274. The molecule has 0 aliphatic heterocycles. The lowest BCUT2D eigenvalue weighted by atomic mass is 10.1. The van der Waals surface area contributed by atoms with Crippen LogP contribution in [0, 0.1) is 11.8 Å². The number of carboxylic acid groups (broad SMARTS) is 1. The highest BCUT2D eigenvalue weighted by Gasteiger charge is 2.33. The normalized spacial score (nSPS) is 10.0. The van der Waals surface area contributed by atoms with Gasteiger partial charge >= 0.3 is 12.3 Å². The molecule has 0 bridgehead atoms. The summed E-state index contributed by atoms with van der Waals surface area (Å²) in [4.78, 5) is 13.3. The summed E-state index contributed by atoms with van der Waals surface area (Å²) in [6.45, 7) is 0.128. The molecule has 21 heavy (non-hydrogen) atoms. The number of aromatic carboxylic acids is 1. The van der Waals surface area contributed by atoms with E-state index in [4.69, 9.17) is 10.6 Å². The van der Waals surface area contributed by atoms with Crippen LogP contribution < -0.4 is 4.74 Å². The molecule has 0 saturated carbocycles. The number of hydrogen-bond acceptors (Lipinski definition) is 3. The van der Waals surface area contributed by atoms with Crippen molar-refractivity contribution in [1.82, 2.24) is 0 Å². The van der Waals surface area contributed by atoms with Gasteiger partial charge in [-0.25, -0.2) is 4.79 Å². The van der Waals surface area contributed by atoms with Crippen molar-refractivity contribution in [2.75, 3.05) is 6.54 Å². The number of carbonyl (C=O) groups is 1. The molecule has 0 radical (unpaired) electrons. The largest absolute Gasteiger partial charge is 0.573 e. The quantitative estimate of drug-likeness (QED) is 0.303. The molecule has 110 valence electrons. The van der Waals surface area contributed by atoms with Gasteiger partial charge in [0.1, 0.15) is 11.3 Å². The van der Waals surface area contributed by atoms with Gasteiger partial charge in [-0.05, 0) is 23.7 Å². The summed E-state index contributed by atoms with van der Waals surface area (Å²) in [7, 11) is 0. The molecule has 6 nitrogen and oxygen atoms in total. The monoisotopic (exact) mass is 299 g/mol. The summed E-state index contributed by atoms with van der Waals surface area (Å²) in [5.41, 5.74) is 7.58. The molecule has 0 fully saturated rings. The number of benzene rings is 1. The van der Waals surface area contributed by atoms with Crippen LogP contribution in [0.25, 0.3) is 10.4 Å². The molecule has 1 aromatic rings. The number of nitrogens with zero attached hydrogens (tertiary/aromatic N) is 3. The lowest BCUT2D eigenvalue weighted by Gasteiger charge is -2.11. The molecular weight excluding hydrogens is 291 g/mol. The van der Waals surface area contributed by atoms with Gasteiger partial charge in [-0.3, -0.25) is 0 Å². The third kappa shape index (κ3) is 5.76. The maximum absolute atomic E-state index is 12.2. The Bertz CT molecular complexity index is 641. The number of halogens is 3. The van der Waals surface area contributed by atoms with Gasteiger partial charge in [0.15, 0.2) is 0 Å². The SMILES string of the molecule is [N-]=[N+]=NCCC#Cc1ccc(C(=O)O)c(OC(F)(F)F)c1. The minimum absolute atomic E-state index is 0.128. The van der Waals surface area contributed by atoms with E-state index in [9.17, 15) is 18.0 Å². The lowest BCUT2D eigenvalue weighted by Crippen LogP contribution is -2.19. The Labute approximate surface area is 116 Å². The molecule has 0 aromatic heterocycles. The Hall–Kier alpha value is -2.85. The van der Waals surface area contributed by atoms with Gasteiger partial charge in [0.05, 0.1) is 0 Å². The van der Waals surface area contributed by atoms with E-state index in [1.807, 2.05) is 0 Å². The Morgan fingerprint density at radius 1 is 1.48 bits per heavy atom. The Morgan fingerprint density at radius 2 is 2.19 bits per heavy atom. The second-order valence-corrected chi connectivity index (χ2v) is 3.57. The van der Waals surface area contributed by atoms with Crippen molar-refractivity contribution in [1.29, 1.82) is 0 Å². The third-order valence-electron chi connectivity index (χ3n) is 2.07. The highest BCUT2D eigenvalue weighted by atomic mass is 19.4. The first-order valence-corrected chi connectivity index (χ1v) is 5.46. The molecule has 1 rings (SSSR count). The van der Waals surface area contributed by atoms with Gasteiger partial charge in [0, 0.05) is 23.4 Å². The zero-order valence-corrected chi connectivity index (χ0v) is 10.4. The van der Waals surface area contributed by atoms with E-state index in [0.29, 0.717) is 0 Å². The maximum Gasteiger partial charge on any atom is 0.573 e. The molecule has 9 heteroatoms. The zero-order chi connectivity index (χ0) is 15.9. The van der Waals surface area contributed by atoms with E-state index in [0.717, 1.165) is 12.1 Å². The number of hydrogen-bond donors (Lipinski definition) is 1. The zero-order valence-electron chi connectivity index (χ0n) is 10.4. The number of ether oxygens (including phenoxy) is 1. The summed E-state index contributed by atoms with van der Waals surface area (Å²) in [5.74, 6) is 2.72. The second kappa shape index (κ2) is 7.07. The first-order chi connectivity index (χ1) is 9.83. The van der Waals surface area contributed by atoms with Gasteiger partial charge in [0.25, 0.3) is 0 Å². The summed E-state index contributed by atoms with van der Waals surface area (Å²) in [5, 5.41) is 12.0. The molecule has 0 aliphatic carbocycles. The summed E-state index contributed by atoms with van der Waals surface area (Å²) in [6, 6.07) is 3.12. The van der Waals surface area contributed by atoms with Crippen molar-refractivity contribution >= 4 is 5.97 Å². The predicted molar refractivity (Wildman–Crippen MR) is 65.6 cm³/mol. The fourth-order valence-electron chi connectivity index (χ4n) is 1.30. The first kappa shape index (κ1) is 16.2.